The summed E-state index contributed by atoms with van der Waals surface area (Å²) in [6, 6.07) is 22.7. The number of nitrogens with zero attached hydrogens (tertiary/aromatic N) is 3. The number of anilines is 1. The van der Waals surface area contributed by atoms with Gasteiger partial charge in [-0.2, -0.15) is 0 Å². The molecule has 1 atom stereocenters. The summed E-state index contributed by atoms with van der Waals surface area (Å²) < 4.78 is 16.2. The van der Waals surface area contributed by atoms with Crippen molar-refractivity contribution < 1.29 is 23.8 Å². The summed E-state index contributed by atoms with van der Waals surface area (Å²) in [6.45, 7) is 3.97. The van der Waals surface area contributed by atoms with E-state index in [0.717, 1.165) is 17.0 Å². The van der Waals surface area contributed by atoms with Crippen LogP contribution in [0.2, 0.25) is 0 Å². The van der Waals surface area contributed by atoms with Gasteiger partial charge in [-0.3, -0.25) is 9.59 Å². The van der Waals surface area contributed by atoms with Gasteiger partial charge >= 0.3 is 0 Å². The third-order valence-electron chi connectivity index (χ3n) is 6.44. The normalized spacial score (nSPS) is 11.4. The lowest BCUT2D eigenvalue weighted by Crippen LogP contribution is -2.41. The number of benzene rings is 3. The summed E-state index contributed by atoms with van der Waals surface area (Å²) in [6.07, 6.45) is 0. The predicted molar refractivity (Wildman–Crippen MR) is 163 cm³/mol. The topological polar surface area (TPSA) is 103 Å². The number of hydrogen-bond donors (Lipinski definition) is 1. The van der Waals surface area contributed by atoms with E-state index in [1.165, 1.54) is 18.9 Å². The monoisotopic (exact) mass is 586 g/mol. The SMILES string of the molecule is COc1ccc(NC(=O)[C@H](c2ccc(OC)c(OC)c2)N(Cc2ccccc2)C(=O)CSc2nc(C)cc(C)n2)cc1. The van der Waals surface area contributed by atoms with Crippen molar-refractivity contribution in [2.75, 3.05) is 32.4 Å². The second kappa shape index (κ2) is 14.4. The molecule has 10 heteroatoms. The number of carbonyl (C=O) groups excluding carboxylic acids is 2. The Bertz CT molecular complexity index is 1500. The van der Waals surface area contributed by atoms with Crippen LogP contribution in [0.5, 0.6) is 17.2 Å². The molecule has 4 aromatic rings. The van der Waals surface area contributed by atoms with E-state index in [2.05, 4.69) is 15.3 Å². The van der Waals surface area contributed by atoms with E-state index in [-0.39, 0.29) is 24.1 Å². The average Bonchev–Trinajstić information content (AvgIpc) is 2.99. The van der Waals surface area contributed by atoms with Gasteiger partial charge in [0.2, 0.25) is 5.91 Å². The summed E-state index contributed by atoms with van der Waals surface area (Å²) in [5.41, 5.74) is 3.65. The quantitative estimate of drug-likeness (QED) is 0.169. The average molecular weight is 587 g/mol. The van der Waals surface area contributed by atoms with Crippen LogP contribution in [0.4, 0.5) is 5.69 Å². The van der Waals surface area contributed by atoms with E-state index < -0.39 is 6.04 Å². The molecular weight excluding hydrogens is 552 g/mol. The molecule has 218 valence electrons. The number of nitrogens with one attached hydrogen (secondary N) is 1. The zero-order chi connectivity index (χ0) is 30.1. The molecule has 0 bridgehead atoms. The summed E-state index contributed by atoms with van der Waals surface area (Å²) in [7, 11) is 4.65. The third-order valence-corrected chi connectivity index (χ3v) is 7.28. The fourth-order valence-corrected chi connectivity index (χ4v) is 5.29. The molecule has 0 saturated heterocycles. The number of thioether (sulfide) groups is 1. The second-order valence-electron chi connectivity index (χ2n) is 9.46. The number of aryl methyl sites for hydroxylation is 2. The van der Waals surface area contributed by atoms with E-state index in [9.17, 15) is 9.59 Å². The van der Waals surface area contributed by atoms with Gasteiger partial charge in [-0.1, -0.05) is 48.2 Å². The maximum Gasteiger partial charge on any atom is 0.251 e. The Morgan fingerprint density at radius 3 is 2.12 bits per heavy atom. The van der Waals surface area contributed by atoms with Crippen LogP contribution in [0.15, 0.2) is 84.0 Å². The molecule has 2 amide bonds. The van der Waals surface area contributed by atoms with Crippen molar-refractivity contribution in [2.45, 2.75) is 31.6 Å². The second-order valence-corrected chi connectivity index (χ2v) is 10.4. The van der Waals surface area contributed by atoms with Gasteiger partial charge < -0.3 is 24.4 Å². The fourth-order valence-electron chi connectivity index (χ4n) is 4.45. The lowest BCUT2D eigenvalue weighted by Gasteiger charge is -2.32. The summed E-state index contributed by atoms with van der Waals surface area (Å²) in [5.74, 6) is 1.02. The first-order chi connectivity index (χ1) is 20.3. The van der Waals surface area contributed by atoms with E-state index >= 15 is 0 Å². The minimum Gasteiger partial charge on any atom is -0.497 e. The number of rotatable bonds is 12. The zero-order valence-electron chi connectivity index (χ0n) is 24.3. The van der Waals surface area contributed by atoms with Gasteiger partial charge in [0, 0.05) is 23.6 Å². The smallest absolute Gasteiger partial charge is 0.251 e. The number of ether oxygens (including phenoxy) is 3. The van der Waals surface area contributed by atoms with E-state index in [1.807, 2.05) is 50.2 Å². The highest BCUT2D eigenvalue weighted by molar-refractivity contribution is 7.99. The van der Waals surface area contributed by atoms with Gasteiger partial charge in [0.05, 0.1) is 27.1 Å². The predicted octanol–water partition coefficient (Wildman–Crippen LogP) is 5.62. The van der Waals surface area contributed by atoms with Crippen LogP contribution < -0.4 is 19.5 Å². The molecule has 0 spiro atoms. The summed E-state index contributed by atoms with van der Waals surface area (Å²) in [4.78, 5) is 38.6. The molecule has 3 aromatic carbocycles. The van der Waals surface area contributed by atoms with Crippen LogP contribution in [0.25, 0.3) is 0 Å². The number of methoxy groups -OCH3 is 3. The molecule has 0 radical (unpaired) electrons. The van der Waals surface area contributed by atoms with E-state index in [1.54, 1.807) is 61.6 Å². The molecule has 0 aliphatic rings. The third kappa shape index (κ3) is 7.79. The van der Waals surface area contributed by atoms with Crippen molar-refractivity contribution in [3.05, 3.63) is 101 Å². The number of aromatic nitrogens is 2. The molecule has 42 heavy (non-hydrogen) atoms. The zero-order valence-corrected chi connectivity index (χ0v) is 25.1. The van der Waals surface area contributed by atoms with E-state index in [0.29, 0.717) is 33.7 Å². The van der Waals surface area contributed by atoms with Gasteiger partial charge in [-0.25, -0.2) is 9.97 Å². The van der Waals surface area contributed by atoms with Gasteiger partial charge in [-0.15, -0.1) is 0 Å². The minimum absolute atomic E-state index is 0.0370. The molecule has 1 N–H and O–H groups in total. The van der Waals surface area contributed by atoms with Gasteiger partial charge in [0.1, 0.15) is 11.8 Å². The molecule has 4 rings (SSSR count). The van der Waals surface area contributed by atoms with Crippen LogP contribution in [0.3, 0.4) is 0 Å². The lowest BCUT2D eigenvalue weighted by atomic mass is 10.0. The van der Waals surface area contributed by atoms with Crippen LogP contribution in [-0.4, -0.2) is 53.8 Å². The van der Waals surface area contributed by atoms with Crippen LogP contribution in [-0.2, 0) is 16.1 Å². The van der Waals surface area contributed by atoms with Gasteiger partial charge in [0.25, 0.3) is 5.91 Å². The first-order valence-electron chi connectivity index (χ1n) is 13.3. The molecule has 0 saturated carbocycles. The standard InChI is InChI=1S/C32H34N4O5S/c1-21-17-22(2)34-32(33-21)42-20-29(37)36(19-23-9-7-6-8-10-23)30(24-11-16-27(40-4)28(18-24)41-5)31(38)35-25-12-14-26(39-3)15-13-25/h6-18,30H,19-20H2,1-5H3,(H,35,38)/t30-/m0/s1. The Labute approximate surface area is 250 Å². The molecule has 0 fully saturated rings. The van der Waals surface area contributed by atoms with Crippen molar-refractivity contribution in [3.63, 3.8) is 0 Å². The Morgan fingerprint density at radius 2 is 1.50 bits per heavy atom. The summed E-state index contributed by atoms with van der Waals surface area (Å²) >= 11 is 1.24. The Morgan fingerprint density at radius 1 is 0.833 bits per heavy atom. The maximum absolute atomic E-state index is 14.1. The maximum atomic E-state index is 14.1. The van der Waals surface area contributed by atoms with Crippen LogP contribution in [0.1, 0.15) is 28.6 Å². The molecule has 0 aliphatic heterocycles. The van der Waals surface area contributed by atoms with Crippen molar-refractivity contribution in [1.82, 2.24) is 14.9 Å². The Hall–Kier alpha value is -4.57. The molecule has 0 aliphatic carbocycles. The number of amides is 2. The summed E-state index contributed by atoms with van der Waals surface area (Å²) in [5, 5.41) is 3.48. The Kier molecular flexibility index (Phi) is 10.4. The van der Waals surface area contributed by atoms with Crippen LogP contribution in [0, 0.1) is 13.8 Å². The molecule has 1 aromatic heterocycles. The van der Waals surface area contributed by atoms with Crippen LogP contribution >= 0.6 is 11.8 Å². The van der Waals surface area contributed by atoms with E-state index in [4.69, 9.17) is 14.2 Å². The number of hydrogen-bond acceptors (Lipinski definition) is 8. The highest BCUT2D eigenvalue weighted by Gasteiger charge is 2.33. The molecule has 1 heterocycles. The fraction of sp³-hybridized carbons (Fsp3) is 0.250. The van der Waals surface area contributed by atoms with Crippen molar-refractivity contribution in [1.29, 1.82) is 0 Å². The first kappa shape index (κ1) is 30.4. The number of carbonyl (C=O) groups is 2. The first-order valence-corrected chi connectivity index (χ1v) is 14.2. The Balaban J connectivity index is 1.74. The van der Waals surface area contributed by atoms with Crippen molar-refractivity contribution >= 4 is 29.3 Å². The van der Waals surface area contributed by atoms with Crippen molar-refractivity contribution in [3.8, 4) is 17.2 Å². The van der Waals surface area contributed by atoms with Crippen molar-refractivity contribution in [2.24, 2.45) is 0 Å². The largest absolute Gasteiger partial charge is 0.497 e. The highest BCUT2D eigenvalue weighted by Crippen LogP contribution is 2.34. The lowest BCUT2D eigenvalue weighted by molar-refractivity contribution is -0.137. The molecule has 0 unspecified atom stereocenters. The highest BCUT2D eigenvalue weighted by atomic mass is 32.2. The molecular formula is C32H34N4O5S. The van der Waals surface area contributed by atoms with Gasteiger partial charge in [-0.05, 0) is 67.4 Å². The molecule has 9 nitrogen and oxygen atoms in total. The minimum atomic E-state index is -1.000. The van der Waals surface area contributed by atoms with Gasteiger partial charge in [0.15, 0.2) is 16.7 Å².